The zero-order valence-corrected chi connectivity index (χ0v) is 5.69. The summed E-state index contributed by atoms with van der Waals surface area (Å²) >= 11 is 0. The van der Waals surface area contributed by atoms with Gasteiger partial charge < -0.3 is 9.25 Å². The van der Waals surface area contributed by atoms with Crippen LogP contribution in [-0.2, 0) is 16.2 Å². The number of hydrogen-bond donors (Lipinski definition) is 0. The van der Waals surface area contributed by atoms with Crippen LogP contribution in [0.25, 0.3) is 0 Å². The summed E-state index contributed by atoms with van der Waals surface area (Å²) in [6.07, 6.45) is 3.89. The molecule has 0 amide bonds. The lowest BCUT2D eigenvalue weighted by atomic mass is 10.5. The van der Waals surface area contributed by atoms with Crippen molar-refractivity contribution in [2.24, 2.45) is 5.16 Å². The third-order valence-corrected chi connectivity index (χ3v) is 0.967. The Morgan fingerprint density at radius 2 is 2.73 bits per heavy atom. The van der Waals surface area contributed by atoms with Crippen LogP contribution >= 0.6 is 0 Å². The second kappa shape index (κ2) is 4.27. The molecule has 0 spiro atoms. The highest BCUT2D eigenvalue weighted by molar-refractivity contribution is 6.13. The van der Waals surface area contributed by atoms with Crippen molar-refractivity contribution in [1.82, 2.24) is 0 Å². The van der Waals surface area contributed by atoms with Crippen molar-refractivity contribution in [2.75, 3.05) is 0 Å². The van der Waals surface area contributed by atoms with Crippen molar-refractivity contribution in [2.45, 2.75) is 6.61 Å². The Labute approximate surface area is 63.4 Å². The zero-order valence-electron chi connectivity index (χ0n) is 5.69. The molecule has 1 heterocycles. The molecule has 0 unspecified atom stereocenters. The van der Waals surface area contributed by atoms with E-state index < -0.39 is 0 Å². The van der Waals surface area contributed by atoms with Crippen LogP contribution in [-0.4, -0.2) is 12.5 Å². The average Bonchev–Trinajstić information content (AvgIpc) is 2.50. The maximum Gasteiger partial charge on any atom is 0.248 e. The summed E-state index contributed by atoms with van der Waals surface area (Å²) in [5.74, 6) is 0.660. The Morgan fingerprint density at radius 1 is 1.82 bits per heavy atom. The monoisotopic (exact) mass is 152 g/mol. The van der Waals surface area contributed by atoms with E-state index in [1.807, 2.05) is 0 Å². The largest absolute Gasteiger partial charge is 0.466 e. The van der Waals surface area contributed by atoms with Gasteiger partial charge in [0.05, 0.1) is 6.26 Å². The summed E-state index contributed by atoms with van der Waals surface area (Å²) in [6.45, 7) is 0.227. The minimum Gasteiger partial charge on any atom is -0.466 e. The standard InChI is InChI=1S/C7H6NO3/c9-4-3-8-11-6-7-2-1-5-10-7/h1-3,5H,6H2. The number of rotatable bonds is 4. The second-order valence-corrected chi connectivity index (χ2v) is 1.71. The van der Waals surface area contributed by atoms with Crippen LogP contribution in [0.3, 0.4) is 0 Å². The van der Waals surface area contributed by atoms with Gasteiger partial charge in [-0.3, -0.25) is 4.79 Å². The zero-order chi connectivity index (χ0) is 7.94. The van der Waals surface area contributed by atoms with Crippen LogP contribution in [0.1, 0.15) is 5.76 Å². The molecule has 57 valence electrons. The highest BCUT2D eigenvalue weighted by Gasteiger charge is 1.92. The fourth-order valence-corrected chi connectivity index (χ4v) is 0.554. The Kier molecular flexibility index (Phi) is 2.92. The van der Waals surface area contributed by atoms with Crippen molar-refractivity contribution in [3.63, 3.8) is 0 Å². The van der Waals surface area contributed by atoms with Crippen LogP contribution < -0.4 is 0 Å². The van der Waals surface area contributed by atoms with Gasteiger partial charge in [0.2, 0.25) is 6.29 Å². The number of oxime groups is 1. The predicted molar refractivity (Wildman–Crippen MR) is 37.7 cm³/mol. The van der Waals surface area contributed by atoms with Crippen LogP contribution in [0.4, 0.5) is 0 Å². The highest BCUT2D eigenvalue weighted by Crippen LogP contribution is 2.00. The van der Waals surface area contributed by atoms with Crippen LogP contribution in [0.15, 0.2) is 28.0 Å². The normalized spacial score (nSPS) is 10.2. The molecule has 1 rings (SSSR count). The topological polar surface area (TPSA) is 51.8 Å². The molecule has 0 saturated carbocycles. The summed E-state index contributed by atoms with van der Waals surface area (Å²) in [5.41, 5.74) is 0. The fourth-order valence-electron chi connectivity index (χ4n) is 0.554. The van der Waals surface area contributed by atoms with E-state index >= 15 is 0 Å². The lowest BCUT2D eigenvalue weighted by Gasteiger charge is -1.91. The van der Waals surface area contributed by atoms with E-state index in [2.05, 4.69) is 9.99 Å². The lowest BCUT2D eigenvalue weighted by Crippen LogP contribution is -1.84. The van der Waals surface area contributed by atoms with Crippen LogP contribution in [0, 0.1) is 0 Å². The maximum atomic E-state index is 9.59. The van der Waals surface area contributed by atoms with E-state index in [-0.39, 0.29) is 6.61 Å². The van der Waals surface area contributed by atoms with Crippen molar-refractivity contribution in [3.05, 3.63) is 24.2 Å². The van der Waals surface area contributed by atoms with E-state index in [9.17, 15) is 4.79 Å². The molecule has 4 nitrogen and oxygen atoms in total. The molecule has 1 aromatic heterocycles. The second-order valence-electron chi connectivity index (χ2n) is 1.71. The van der Waals surface area contributed by atoms with Gasteiger partial charge in [0.25, 0.3) is 0 Å². The van der Waals surface area contributed by atoms with Crippen LogP contribution in [0.2, 0.25) is 0 Å². The third kappa shape index (κ3) is 2.66. The Bertz CT molecular complexity index is 228. The van der Waals surface area contributed by atoms with Gasteiger partial charge in [-0.1, -0.05) is 5.16 Å². The van der Waals surface area contributed by atoms with E-state index in [4.69, 9.17) is 4.42 Å². The smallest absolute Gasteiger partial charge is 0.248 e. The first-order valence-corrected chi connectivity index (χ1v) is 2.97. The van der Waals surface area contributed by atoms with Gasteiger partial charge in [-0.05, 0) is 12.1 Å². The average molecular weight is 152 g/mol. The molecule has 4 heteroatoms. The van der Waals surface area contributed by atoms with Gasteiger partial charge in [0.1, 0.15) is 12.0 Å². The molecule has 0 fully saturated rings. The number of nitrogens with zero attached hydrogens (tertiary/aromatic N) is 1. The molecular formula is C7H6NO3. The van der Waals surface area contributed by atoms with Gasteiger partial charge in [-0.15, -0.1) is 0 Å². The first-order valence-electron chi connectivity index (χ1n) is 2.97. The number of carbonyl (C=O) groups excluding carboxylic acids is 1. The number of hydrogen-bond acceptors (Lipinski definition) is 4. The summed E-state index contributed by atoms with van der Waals surface area (Å²) in [6, 6.07) is 3.49. The molecule has 0 aromatic carbocycles. The first kappa shape index (κ1) is 7.53. The quantitative estimate of drug-likeness (QED) is 0.475. The minimum atomic E-state index is 0.227. The fraction of sp³-hybridized carbons (Fsp3) is 0.143. The maximum absolute atomic E-state index is 9.59. The molecule has 0 atom stereocenters. The highest BCUT2D eigenvalue weighted by atomic mass is 16.6. The Morgan fingerprint density at radius 3 is 3.36 bits per heavy atom. The van der Waals surface area contributed by atoms with Crippen molar-refractivity contribution in [1.29, 1.82) is 0 Å². The molecule has 11 heavy (non-hydrogen) atoms. The molecule has 0 aliphatic carbocycles. The molecule has 0 aliphatic rings. The molecular weight excluding hydrogens is 146 g/mol. The van der Waals surface area contributed by atoms with Crippen molar-refractivity contribution < 1.29 is 14.0 Å². The van der Waals surface area contributed by atoms with Gasteiger partial charge >= 0.3 is 0 Å². The predicted octanol–water partition coefficient (Wildman–Crippen LogP) is 0.892. The third-order valence-electron chi connectivity index (χ3n) is 0.967. The van der Waals surface area contributed by atoms with Gasteiger partial charge in [0, 0.05) is 0 Å². The Hall–Kier alpha value is -1.58. The molecule has 0 bridgehead atoms. The van der Waals surface area contributed by atoms with E-state index in [1.54, 1.807) is 12.1 Å². The summed E-state index contributed by atoms with van der Waals surface area (Å²) in [7, 11) is 0. The van der Waals surface area contributed by atoms with Crippen molar-refractivity contribution >= 4 is 12.5 Å². The summed E-state index contributed by atoms with van der Waals surface area (Å²) < 4.78 is 4.92. The molecule has 0 N–H and O–H groups in total. The van der Waals surface area contributed by atoms with Gasteiger partial charge in [-0.25, -0.2) is 0 Å². The summed E-state index contributed by atoms with van der Waals surface area (Å²) in [5, 5.41) is 3.26. The lowest BCUT2D eigenvalue weighted by molar-refractivity contribution is 0.116. The van der Waals surface area contributed by atoms with Gasteiger partial charge in [-0.2, -0.15) is 0 Å². The Balaban J connectivity index is 2.23. The minimum absolute atomic E-state index is 0.227. The molecule has 1 aromatic rings. The summed E-state index contributed by atoms with van der Waals surface area (Å²) in [4.78, 5) is 14.2. The number of furan rings is 1. The van der Waals surface area contributed by atoms with E-state index in [0.29, 0.717) is 5.76 Å². The molecule has 0 saturated heterocycles. The molecule has 0 aliphatic heterocycles. The SMILES string of the molecule is O=[C]C=NOCc1ccco1. The van der Waals surface area contributed by atoms with Crippen molar-refractivity contribution in [3.8, 4) is 0 Å². The van der Waals surface area contributed by atoms with Gasteiger partial charge in [0.15, 0.2) is 6.61 Å². The first-order chi connectivity index (χ1) is 5.43. The van der Waals surface area contributed by atoms with E-state index in [1.165, 1.54) is 12.5 Å². The molecule has 1 radical (unpaired) electrons. The van der Waals surface area contributed by atoms with Crippen LogP contribution in [0.5, 0.6) is 0 Å². The van der Waals surface area contributed by atoms with E-state index in [0.717, 1.165) is 6.21 Å².